The minimum Gasteiger partial charge on any atom is -0.493 e. The number of nitro benzene ring substituents is 1. The second-order valence-electron chi connectivity index (χ2n) is 6.95. The highest BCUT2D eigenvalue weighted by Gasteiger charge is 2.29. The SMILES string of the molecule is CCOc1cc(C(=O)O[C@H](C)C(=O)NC2CCCCCC2)c([N+](=O)[O-])cc1OC. The van der Waals surface area contributed by atoms with Crippen molar-refractivity contribution in [2.75, 3.05) is 13.7 Å². The lowest BCUT2D eigenvalue weighted by molar-refractivity contribution is -0.385. The molecule has 1 aromatic rings. The molecular formula is C20H28N2O7. The molecule has 1 aliphatic rings. The van der Waals surface area contributed by atoms with Crippen LogP contribution in [0.3, 0.4) is 0 Å². The molecule has 1 aromatic carbocycles. The summed E-state index contributed by atoms with van der Waals surface area (Å²) in [5.41, 5.74) is -0.778. The number of nitro groups is 1. The fraction of sp³-hybridized carbons (Fsp3) is 0.600. The number of esters is 1. The number of amides is 1. The van der Waals surface area contributed by atoms with Crippen molar-refractivity contribution in [3.63, 3.8) is 0 Å². The highest BCUT2D eigenvalue weighted by Crippen LogP contribution is 2.35. The average molecular weight is 408 g/mol. The van der Waals surface area contributed by atoms with Gasteiger partial charge in [-0.3, -0.25) is 14.9 Å². The quantitative estimate of drug-likeness (QED) is 0.303. The van der Waals surface area contributed by atoms with E-state index in [9.17, 15) is 19.7 Å². The largest absolute Gasteiger partial charge is 0.493 e. The third kappa shape index (κ3) is 6.07. The van der Waals surface area contributed by atoms with Gasteiger partial charge in [-0.2, -0.15) is 0 Å². The summed E-state index contributed by atoms with van der Waals surface area (Å²) in [5.74, 6) is -1.06. The molecule has 2 rings (SSSR count). The number of carbonyl (C=O) groups excluding carboxylic acids is 2. The van der Waals surface area contributed by atoms with E-state index in [0.717, 1.165) is 44.6 Å². The number of hydrogen-bond donors (Lipinski definition) is 1. The molecule has 160 valence electrons. The molecule has 9 nitrogen and oxygen atoms in total. The molecule has 1 atom stereocenters. The van der Waals surface area contributed by atoms with E-state index in [1.54, 1.807) is 6.92 Å². The van der Waals surface area contributed by atoms with E-state index in [-0.39, 0.29) is 29.7 Å². The van der Waals surface area contributed by atoms with Crippen LogP contribution >= 0.6 is 0 Å². The zero-order valence-electron chi connectivity index (χ0n) is 17.1. The summed E-state index contributed by atoms with van der Waals surface area (Å²) < 4.78 is 15.7. The maximum atomic E-state index is 12.6. The molecule has 0 aromatic heterocycles. The van der Waals surface area contributed by atoms with Gasteiger partial charge in [0, 0.05) is 12.1 Å². The van der Waals surface area contributed by atoms with Crippen LogP contribution in [0.4, 0.5) is 5.69 Å². The first-order chi connectivity index (χ1) is 13.9. The molecule has 1 fully saturated rings. The van der Waals surface area contributed by atoms with Crippen molar-refractivity contribution in [1.29, 1.82) is 0 Å². The van der Waals surface area contributed by atoms with Crippen LogP contribution in [0.15, 0.2) is 12.1 Å². The topological polar surface area (TPSA) is 117 Å². The number of nitrogens with zero attached hydrogens (tertiary/aromatic N) is 1. The molecule has 1 amide bonds. The number of ether oxygens (including phenoxy) is 3. The molecule has 1 saturated carbocycles. The van der Waals surface area contributed by atoms with Crippen molar-refractivity contribution in [3.05, 3.63) is 27.8 Å². The van der Waals surface area contributed by atoms with Crippen molar-refractivity contribution >= 4 is 17.6 Å². The van der Waals surface area contributed by atoms with Crippen LogP contribution < -0.4 is 14.8 Å². The molecule has 0 radical (unpaired) electrons. The highest BCUT2D eigenvalue weighted by molar-refractivity contribution is 5.96. The zero-order valence-corrected chi connectivity index (χ0v) is 17.1. The Morgan fingerprint density at radius 2 is 1.86 bits per heavy atom. The first-order valence-electron chi connectivity index (χ1n) is 9.88. The Morgan fingerprint density at radius 3 is 2.41 bits per heavy atom. The van der Waals surface area contributed by atoms with Gasteiger partial charge < -0.3 is 19.5 Å². The standard InChI is InChI=1S/C20H28N2O7/c1-4-28-18-11-15(16(22(25)26)12-17(18)27-3)20(24)29-13(2)19(23)21-14-9-7-5-6-8-10-14/h11-14H,4-10H2,1-3H3,(H,21,23)/t13-/m1/s1. The number of nitrogens with one attached hydrogen (secondary N) is 1. The van der Waals surface area contributed by atoms with E-state index in [1.165, 1.54) is 20.1 Å². The lowest BCUT2D eigenvalue weighted by Gasteiger charge is -2.20. The van der Waals surface area contributed by atoms with Gasteiger partial charge in [-0.05, 0) is 26.7 Å². The lowest BCUT2D eigenvalue weighted by Crippen LogP contribution is -2.41. The fourth-order valence-electron chi connectivity index (χ4n) is 3.31. The van der Waals surface area contributed by atoms with E-state index < -0.39 is 28.6 Å². The van der Waals surface area contributed by atoms with Gasteiger partial charge in [0.2, 0.25) is 0 Å². The van der Waals surface area contributed by atoms with Gasteiger partial charge in [0.15, 0.2) is 17.6 Å². The van der Waals surface area contributed by atoms with Crippen LogP contribution in [0, 0.1) is 10.1 Å². The van der Waals surface area contributed by atoms with Crippen molar-refractivity contribution < 1.29 is 28.7 Å². The maximum Gasteiger partial charge on any atom is 0.346 e. The normalized spacial score (nSPS) is 15.7. The van der Waals surface area contributed by atoms with E-state index >= 15 is 0 Å². The van der Waals surface area contributed by atoms with Crippen molar-refractivity contribution in [3.8, 4) is 11.5 Å². The van der Waals surface area contributed by atoms with Crippen LogP contribution in [0.5, 0.6) is 11.5 Å². The molecular weight excluding hydrogens is 380 g/mol. The third-order valence-corrected chi connectivity index (χ3v) is 4.85. The van der Waals surface area contributed by atoms with Crippen LogP contribution in [0.25, 0.3) is 0 Å². The van der Waals surface area contributed by atoms with Gasteiger partial charge in [-0.15, -0.1) is 0 Å². The summed E-state index contributed by atoms with van der Waals surface area (Å²) >= 11 is 0. The molecule has 0 aliphatic heterocycles. The van der Waals surface area contributed by atoms with Crippen LogP contribution in [0.1, 0.15) is 62.7 Å². The molecule has 29 heavy (non-hydrogen) atoms. The summed E-state index contributed by atoms with van der Waals surface area (Å²) in [7, 11) is 1.35. The van der Waals surface area contributed by atoms with Crippen LogP contribution in [-0.4, -0.2) is 42.7 Å². The second kappa shape index (κ2) is 10.6. The zero-order chi connectivity index (χ0) is 21.4. The van der Waals surface area contributed by atoms with Gasteiger partial charge >= 0.3 is 5.97 Å². The van der Waals surface area contributed by atoms with E-state index in [1.807, 2.05) is 0 Å². The van der Waals surface area contributed by atoms with Gasteiger partial charge in [0.25, 0.3) is 11.6 Å². The molecule has 0 saturated heterocycles. The van der Waals surface area contributed by atoms with Crippen molar-refractivity contribution in [2.45, 2.75) is 64.5 Å². The minimum absolute atomic E-state index is 0.0611. The molecule has 1 N–H and O–H groups in total. The Balaban J connectivity index is 2.14. The summed E-state index contributed by atoms with van der Waals surface area (Å²) in [5, 5.41) is 14.3. The number of hydrogen-bond acceptors (Lipinski definition) is 7. The maximum absolute atomic E-state index is 12.6. The Kier molecular flexibility index (Phi) is 8.23. The first-order valence-corrected chi connectivity index (χ1v) is 9.88. The summed E-state index contributed by atoms with van der Waals surface area (Å²) in [6.45, 7) is 3.46. The Morgan fingerprint density at radius 1 is 1.21 bits per heavy atom. The highest BCUT2D eigenvalue weighted by atomic mass is 16.6. The molecule has 1 aliphatic carbocycles. The summed E-state index contributed by atoms with van der Waals surface area (Å²) in [6.07, 6.45) is 5.13. The Bertz CT molecular complexity index is 743. The smallest absolute Gasteiger partial charge is 0.346 e. The van der Waals surface area contributed by atoms with Crippen molar-refractivity contribution in [1.82, 2.24) is 5.32 Å². The minimum atomic E-state index is -1.08. The monoisotopic (exact) mass is 408 g/mol. The van der Waals surface area contributed by atoms with Crippen LogP contribution in [0.2, 0.25) is 0 Å². The molecule has 0 heterocycles. The van der Waals surface area contributed by atoms with Crippen molar-refractivity contribution in [2.24, 2.45) is 0 Å². The molecule has 0 spiro atoms. The lowest BCUT2D eigenvalue weighted by atomic mass is 10.1. The van der Waals surface area contributed by atoms with E-state index in [0.29, 0.717) is 0 Å². The Hall–Kier alpha value is -2.84. The predicted molar refractivity (Wildman–Crippen MR) is 105 cm³/mol. The van der Waals surface area contributed by atoms with Gasteiger partial charge in [0.1, 0.15) is 5.56 Å². The van der Waals surface area contributed by atoms with Gasteiger partial charge in [0.05, 0.1) is 24.7 Å². The molecule has 9 heteroatoms. The first kappa shape index (κ1) is 22.4. The molecule has 0 unspecified atom stereocenters. The van der Waals surface area contributed by atoms with E-state index in [2.05, 4.69) is 5.32 Å². The number of rotatable bonds is 8. The summed E-state index contributed by atoms with van der Waals surface area (Å²) in [6, 6.07) is 2.38. The number of methoxy groups -OCH3 is 1. The Labute approximate surface area is 169 Å². The fourth-order valence-corrected chi connectivity index (χ4v) is 3.31. The van der Waals surface area contributed by atoms with Crippen LogP contribution in [-0.2, 0) is 9.53 Å². The number of benzene rings is 1. The third-order valence-electron chi connectivity index (χ3n) is 4.85. The second-order valence-corrected chi connectivity index (χ2v) is 6.95. The predicted octanol–water partition coefficient (Wildman–Crippen LogP) is 3.39. The van der Waals surface area contributed by atoms with Gasteiger partial charge in [-0.1, -0.05) is 25.7 Å². The number of carbonyl (C=O) groups is 2. The average Bonchev–Trinajstić information content (AvgIpc) is 2.96. The summed E-state index contributed by atoms with van der Waals surface area (Å²) in [4.78, 5) is 35.7. The molecule has 0 bridgehead atoms. The van der Waals surface area contributed by atoms with E-state index in [4.69, 9.17) is 14.2 Å². The van der Waals surface area contributed by atoms with Gasteiger partial charge in [-0.25, -0.2) is 4.79 Å².